The molecule has 6 nitrogen and oxygen atoms in total. The van der Waals surface area contributed by atoms with Gasteiger partial charge >= 0.3 is 0 Å². The van der Waals surface area contributed by atoms with E-state index in [1.165, 1.54) is 11.3 Å². The SMILES string of the molecule is Cc1cc(NC(=O)c2ccc(OC(C)C)cc2)n(-c2nc3c(C)ccc(Cl)c3s2)n1. The molecule has 1 N–H and O–H groups in total. The summed E-state index contributed by atoms with van der Waals surface area (Å²) in [7, 11) is 0. The van der Waals surface area contributed by atoms with Crippen LogP contribution in [0, 0.1) is 13.8 Å². The van der Waals surface area contributed by atoms with Crippen LogP contribution in [0.2, 0.25) is 5.02 Å². The van der Waals surface area contributed by atoms with Gasteiger partial charge in [-0.1, -0.05) is 29.0 Å². The number of aryl methyl sites for hydroxylation is 2. The summed E-state index contributed by atoms with van der Waals surface area (Å²) in [5.41, 5.74) is 3.18. The lowest BCUT2D eigenvalue weighted by molar-refractivity contribution is 0.102. The Morgan fingerprint density at radius 2 is 1.90 bits per heavy atom. The van der Waals surface area contributed by atoms with Gasteiger partial charge in [0.1, 0.15) is 11.6 Å². The second-order valence-corrected chi connectivity index (χ2v) is 8.65. The molecule has 0 aliphatic rings. The summed E-state index contributed by atoms with van der Waals surface area (Å²) in [4.78, 5) is 17.5. The Morgan fingerprint density at radius 1 is 1.17 bits per heavy atom. The highest BCUT2D eigenvalue weighted by Crippen LogP contribution is 2.34. The normalized spacial score (nSPS) is 11.3. The molecule has 4 aromatic rings. The molecule has 0 unspecified atom stereocenters. The van der Waals surface area contributed by atoms with Crippen LogP contribution in [0.1, 0.15) is 35.5 Å². The molecule has 2 heterocycles. The van der Waals surface area contributed by atoms with E-state index in [0.717, 1.165) is 27.2 Å². The first kappa shape index (κ1) is 20.4. The predicted molar refractivity (Wildman–Crippen MR) is 121 cm³/mol. The molecule has 0 radical (unpaired) electrons. The number of hydrogen-bond donors (Lipinski definition) is 1. The standard InChI is InChI=1S/C22H21ClN4O2S/c1-12(2)29-16-8-6-15(7-9-16)21(28)24-18-11-14(4)26-27(18)22-25-19-13(3)5-10-17(23)20(19)30-22/h5-12H,1-4H3,(H,24,28). The van der Waals surface area contributed by atoms with Gasteiger partial charge in [0, 0.05) is 11.6 Å². The lowest BCUT2D eigenvalue weighted by Crippen LogP contribution is -2.15. The Morgan fingerprint density at radius 3 is 2.57 bits per heavy atom. The molecule has 8 heteroatoms. The van der Waals surface area contributed by atoms with E-state index in [0.29, 0.717) is 21.5 Å². The van der Waals surface area contributed by atoms with Crippen molar-refractivity contribution in [2.45, 2.75) is 33.8 Å². The van der Waals surface area contributed by atoms with Crippen molar-refractivity contribution >= 4 is 44.9 Å². The first-order valence-corrected chi connectivity index (χ1v) is 10.7. The van der Waals surface area contributed by atoms with Gasteiger partial charge in [-0.05, 0) is 63.6 Å². The summed E-state index contributed by atoms with van der Waals surface area (Å²) >= 11 is 7.78. The summed E-state index contributed by atoms with van der Waals surface area (Å²) in [5, 5.41) is 8.74. The Kier molecular flexibility index (Phi) is 5.49. The molecular weight excluding hydrogens is 420 g/mol. The third kappa shape index (κ3) is 4.04. The molecule has 0 atom stereocenters. The largest absolute Gasteiger partial charge is 0.491 e. The number of hydrogen-bond acceptors (Lipinski definition) is 5. The fraction of sp³-hybridized carbons (Fsp3) is 0.227. The van der Waals surface area contributed by atoms with Gasteiger partial charge in [0.2, 0.25) is 5.13 Å². The topological polar surface area (TPSA) is 69.0 Å². The van der Waals surface area contributed by atoms with Crippen molar-refractivity contribution in [3.05, 3.63) is 64.3 Å². The Hall–Kier alpha value is -2.90. The van der Waals surface area contributed by atoms with E-state index < -0.39 is 0 Å². The smallest absolute Gasteiger partial charge is 0.256 e. The van der Waals surface area contributed by atoms with E-state index in [1.807, 2.05) is 45.9 Å². The molecule has 0 bridgehead atoms. The van der Waals surface area contributed by atoms with E-state index in [9.17, 15) is 4.79 Å². The first-order valence-electron chi connectivity index (χ1n) is 9.52. The van der Waals surface area contributed by atoms with Crippen LogP contribution in [-0.4, -0.2) is 26.8 Å². The van der Waals surface area contributed by atoms with Crippen LogP contribution in [0.3, 0.4) is 0 Å². The fourth-order valence-corrected chi connectivity index (χ4v) is 4.34. The minimum Gasteiger partial charge on any atom is -0.491 e. The number of nitrogens with one attached hydrogen (secondary N) is 1. The average Bonchev–Trinajstić information content (AvgIpc) is 3.29. The van der Waals surface area contributed by atoms with Crippen LogP contribution in [-0.2, 0) is 0 Å². The van der Waals surface area contributed by atoms with Crippen molar-refractivity contribution in [3.63, 3.8) is 0 Å². The molecule has 0 saturated heterocycles. The van der Waals surface area contributed by atoms with Crippen molar-refractivity contribution in [3.8, 4) is 10.9 Å². The maximum atomic E-state index is 12.8. The highest BCUT2D eigenvalue weighted by Gasteiger charge is 2.17. The number of anilines is 1. The number of benzene rings is 2. The zero-order valence-corrected chi connectivity index (χ0v) is 18.6. The number of aromatic nitrogens is 3. The fourth-order valence-electron chi connectivity index (χ4n) is 3.06. The molecule has 154 valence electrons. The molecule has 0 fully saturated rings. The number of nitrogens with zero attached hydrogens (tertiary/aromatic N) is 3. The highest BCUT2D eigenvalue weighted by molar-refractivity contribution is 7.21. The van der Waals surface area contributed by atoms with Crippen LogP contribution in [0.15, 0.2) is 42.5 Å². The Labute approximate surface area is 183 Å². The summed E-state index contributed by atoms with van der Waals surface area (Å²) in [6, 6.07) is 12.7. The van der Waals surface area contributed by atoms with Crippen LogP contribution in [0.4, 0.5) is 5.82 Å². The van der Waals surface area contributed by atoms with Crippen LogP contribution in [0.5, 0.6) is 5.75 Å². The minimum atomic E-state index is -0.234. The number of carbonyl (C=O) groups excluding carboxylic acids is 1. The second kappa shape index (κ2) is 8.08. The number of ether oxygens (including phenoxy) is 1. The third-order valence-electron chi connectivity index (χ3n) is 4.43. The zero-order valence-electron chi connectivity index (χ0n) is 17.1. The van der Waals surface area contributed by atoms with E-state index in [1.54, 1.807) is 28.9 Å². The quantitative estimate of drug-likeness (QED) is 0.426. The highest BCUT2D eigenvalue weighted by atomic mass is 35.5. The van der Waals surface area contributed by atoms with Gasteiger partial charge in [0.25, 0.3) is 5.91 Å². The van der Waals surface area contributed by atoms with Crippen LogP contribution >= 0.6 is 22.9 Å². The van der Waals surface area contributed by atoms with Gasteiger partial charge in [-0.3, -0.25) is 4.79 Å². The van der Waals surface area contributed by atoms with Crippen LogP contribution < -0.4 is 10.1 Å². The molecule has 2 aromatic carbocycles. The maximum absolute atomic E-state index is 12.8. The molecule has 0 aliphatic heterocycles. The van der Waals surface area contributed by atoms with Gasteiger partial charge in [-0.25, -0.2) is 4.98 Å². The molecule has 30 heavy (non-hydrogen) atoms. The summed E-state index contributed by atoms with van der Waals surface area (Å²) in [6.07, 6.45) is 0.0768. The summed E-state index contributed by atoms with van der Waals surface area (Å²) < 4.78 is 8.18. The number of thiazole rings is 1. The van der Waals surface area contributed by atoms with Crippen molar-refractivity contribution in [1.82, 2.24) is 14.8 Å². The number of halogens is 1. The molecule has 0 aliphatic carbocycles. The average molecular weight is 441 g/mol. The third-order valence-corrected chi connectivity index (χ3v) is 5.92. The van der Waals surface area contributed by atoms with Crippen molar-refractivity contribution < 1.29 is 9.53 Å². The van der Waals surface area contributed by atoms with E-state index >= 15 is 0 Å². The zero-order chi connectivity index (χ0) is 21.4. The van der Waals surface area contributed by atoms with Crippen molar-refractivity contribution in [1.29, 1.82) is 0 Å². The Bertz CT molecular complexity index is 1190. The lowest BCUT2D eigenvalue weighted by Gasteiger charge is -2.10. The van der Waals surface area contributed by atoms with Crippen molar-refractivity contribution in [2.24, 2.45) is 0 Å². The minimum absolute atomic E-state index is 0.0768. The van der Waals surface area contributed by atoms with Gasteiger partial charge in [0.05, 0.1) is 27.0 Å². The lowest BCUT2D eigenvalue weighted by atomic mass is 10.2. The predicted octanol–water partition coefficient (Wildman–Crippen LogP) is 5.79. The van der Waals surface area contributed by atoms with Gasteiger partial charge < -0.3 is 10.1 Å². The number of rotatable bonds is 5. The molecule has 2 aromatic heterocycles. The first-order chi connectivity index (χ1) is 14.3. The van der Waals surface area contributed by atoms with Crippen molar-refractivity contribution in [2.75, 3.05) is 5.32 Å². The monoisotopic (exact) mass is 440 g/mol. The molecule has 4 rings (SSSR count). The summed E-state index contributed by atoms with van der Waals surface area (Å²) in [6.45, 7) is 7.78. The van der Waals surface area contributed by atoms with E-state index in [2.05, 4.69) is 10.4 Å². The van der Waals surface area contributed by atoms with Gasteiger partial charge in [-0.15, -0.1) is 0 Å². The van der Waals surface area contributed by atoms with Gasteiger partial charge in [0.15, 0.2) is 0 Å². The molecule has 0 spiro atoms. The maximum Gasteiger partial charge on any atom is 0.256 e. The number of fused-ring (bicyclic) bond motifs is 1. The number of carbonyl (C=O) groups is 1. The van der Waals surface area contributed by atoms with E-state index in [-0.39, 0.29) is 12.0 Å². The van der Waals surface area contributed by atoms with Crippen LogP contribution in [0.25, 0.3) is 15.3 Å². The molecule has 1 amide bonds. The second-order valence-electron chi connectivity index (χ2n) is 7.27. The Balaban J connectivity index is 1.63. The molecule has 0 saturated carbocycles. The number of amides is 1. The molecular formula is C22H21ClN4O2S. The van der Waals surface area contributed by atoms with E-state index in [4.69, 9.17) is 21.3 Å². The summed E-state index contributed by atoms with van der Waals surface area (Å²) in [5.74, 6) is 1.04. The van der Waals surface area contributed by atoms with Gasteiger partial charge in [-0.2, -0.15) is 9.78 Å².